The Kier molecular flexibility index (Phi) is 5.77. The van der Waals surface area contributed by atoms with Crippen molar-refractivity contribution in [3.05, 3.63) is 35.9 Å². The third kappa shape index (κ3) is 5.37. The Labute approximate surface area is 112 Å². The van der Waals surface area contributed by atoms with Crippen molar-refractivity contribution in [2.24, 2.45) is 0 Å². The average Bonchev–Trinajstić information content (AvgIpc) is 1.85. The molecule has 0 spiro atoms. The summed E-state index contributed by atoms with van der Waals surface area (Å²) in [5, 5.41) is 0. The molecular formula is C7H8BF3K-. The molecule has 0 unspecified atom stereocenters. The summed E-state index contributed by atoms with van der Waals surface area (Å²) in [7, 11) is 0. The summed E-state index contributed by atoms with van der Waals surface area (Å²) in [6, 6.07) is 7.88. The first kappa shape index (κ1) is 12.7. The molecule has 0 nitrogen and oxygen atoms in total. The molecule has 0 saturated carbocycles. The van der Waals surface area contributed by atoms with Gasteiger partial charge < -0.3 is 12.9 Å². The summed E-state index contributed by atoms with van der Waals surface area (Å²) in [6.07, 6.45) is -0.777. The van der Waals surface area contributed by atoms with Crippen molar-refractivity contribution in [2.45, 2.75) is 6.32 Å². The van der Waals surface area contributed by atoms with Crippen LogP contribution in [0.2, 0.25) is 0 Å². The number of halogens is 3. The zero-order valence-electron chi connectivity index (χ0n) is 5.81. The van der Waals surface area contributed by atoms with Gasteiger partial charge in [0.15, 0.2) is 0 Å². The Morgan fingerprint density at radius 3 is 1.92 bits per heavy atom. The van der Waals surface area contributed by atoms with Crippen LogP contribution in [0.25, 0.3) is 0 Å². The minimum absolute atomic E-state index is 0. The van der Waals surface area contributed by atoms with Gasteiger partial charge in [-0.15, -0.1) is 0 Å². The van der Waals surface area contributed by atoms with E-state index in [1.807, 2.05) is 0 Å². The predicted molar refractivity (Wildman–Crippen MR) is 46.4 cm³/mol. The Morgan fingerprint density at radius 1 is 1.00 bits per heavy atom. The molecule has 1 aromatic rings. The van der Waals surface area contributed by atoms with Crippen LogP contribution in [-0.2, 0) is 6.32 Å². The number of hydrogen-bond acceptors (Lipinski definition) is 0. The molecule has 0 amide bonds. The molecule has 0 N–H and O–H groups in total. The molecule has 0 radical (unpaired) electrons. The van der Waals surface area contributed by atoms with Crippen molar-refractivity contribution in [3.63, 3.8) is 0 Å². The van der Waals surface area contributed by atoms with Gasteiger partial charge in [0.2, 0.25) is 0 Å². The predicted octanol–water partition coefficient (Wildman–Crippen LogP) is 1.97. The van der Waals surface area contributed by atoms with Crippen LogP contribution >= 0.6 is 0 Å². The van der Waals surface area contributed by atoms with Crippen LogP contribution in [0.1, 0.15) is 5.56 Å². The molecule has 1 rings (SSSR count). The fraction of sp³-hybridized carbons (Fsp3) is 0.143. The van der Waals surface area contributed by atoms with E-state index >= 15 is 0 Å². The first-order valence-electron chi connectivity index (χ1n) is 3.33. The van der Waals surface area contributed by atoms with Crippen molar-refractivity contribution >= 4 is 58.4 Å². The van der Waals surface area contributed by atoms with Crippen molar-refractivity contribution < 1.29 is 12.9 Å². The van der Waals surface area contributed by atoms with Crippen LogP contribution in [0, 0.1) is 0 Å². The van der Waals surface area contributed by atoms with Crippen LogP contribution in [0.15, 0.2) is 30.3 Å². The van der Waals surface area contributed by atoms with Crippen LogP contribution in [0.5, 0.6) is 0 Å². The van der Waals surface area contributed by atoms with Gasteiger partial charge >= 0.3 is 58.4 Å². The van der Waals surface area contributed by atoms with E-state index in [-0.39, 0.29) is 51.4 Å². The van der Waals surface area contributed by atoms with Crippen LogP contribution in [-0.4, -0.2) is 58.4 Å². The van der Waals surface area contributed by atoms with Crippen molar-refractivity contribution in [1.82, 2.24) is 0 Å². The molecule has 0 aliphatic carbocycles. The average molecular weight is 199 g/mol. The van der Waals surface area contributed by atoms with E-state index in [4.69, 9.17) is 0 Å². The molecule has 0 heterocycles. The second kappa shape index (κ2) is 5.44. The molecule has 0 aliphatic heterocycles. The molecule has 0 aliphatic rings. The van der Waals surface area contributed by atoms with Gasteiger partial charge in [0.25, 0.3) is 0 Å². The fourth-order valence-electron chi connectivity index (χ4n) is 0.881. The summed E-state index contributed by atoms with van der Waals surface area (Å²) in [5.41, 5.74) is 0.333. The second-order valence-electron chi connectivity index (χ2n) is 2.40. The maximum absolute atomic E-state index is 11.8. The van der Waals surface area contributed by atoms with Gasteiger partial charge in [-0.25, -0.2) is 0 Å². The molecule has 0 fully saturated rings. The third-order valence-corrected chi connectivity index (χ3v) is 1.31. The van der Waals surface area contributed by atoms with Crippen LogP contribution < -0.4 is 0 Å². The monoisotopic (exact) mass is 199 g/mol. The summed E-state index contributed by atoms with van der Waals surface area (Å²) >= 11 is 0. The van der Waals surface area contributed by atoms with E-state index in [0.29, 0.717) is 5.56 Å². The number of benzene rings is 1. The SMILES string of the molecule is F[B-](F)(F)Cc1ccccc1.[KH]. The van der Waals surface area contributed by atoms with Gasteiger partial charge in [-0.2, -0.15) is 0 Å². The van der Waals surface area contributed by atoms with Gasteiger partial charge in [0.05, 0.1) is 0 Å². The zero-order chi connectivity index (χ0) is 8.32. The first-order valence-corrected chi connectivity index (χ1v) is 3.33. The summed E-state index contributed by atoms with van der Waals surface area (Å²) in [4.78, 5) is 0. The molecule has 0 saturated heterocycles. The normalized spacial score (nSPS) is 10.6. The maximum atomic E-state index is 11.8. The molecule has 0 atom stereocenters. The van der Waals surface area contributed by atoms with Crippen LogP contribution in [0.4, 0.5) is 12.9 Å². The fourth-order valence-corrected chi connectivity index (χ4v) is 0.881. The standard InChI is InChI=1S/C7H7BF3.K.H/c9-8(10,11)6-7-4-2-1-3-5-7;;/h1-5H,6H2;;/q-1;;. The number of rotatable bonds is 2. The van der Waals surface area contributed by atoms with Gasteiger partial charge in [0, 0.05) is 0 Å². The molecular weight excluding hydrogens is 191 g/mol. The Morgan fingerprint density at radius 2 is 1.50 bits per heavy atom. The van der Waals surface area contributed by atoms with E-state index < -0.39 is 13.3 Å². The first-order chi connectivity index (χ1) is 5.08. The van der Waals surface area contributed by atoms with E-state index in [9.17, 15) is 12.9 Å². The Balaban J connectivity index is 0.00000121. The second-order valence-corrected chi connectivity index (χ2v) is 2.40. The zero-order valence-corrected chi connectivity index (χ0v) is 5.81. The molecule has 0 aromatic heterocycles. The Bertz CT molecular complexity index is 222. The van der Waals surface area contributed by atoms with E-state index in [0.717, 1.165) is 0 Å². The van der Waals surface area contributed by atoms with E-state index in [2.05, 4.69) is 0 Å². The minimum atomic E-state index is -4.68. The van der Waals surface area contributed by atoms with Crippen LogP contribution in [0.3, 0.4) is 0 Å². The summed E-state index contributed by atoms with van der Waals surface area (Å²) < 4.78 is 35.4. The van der Waals surface area contributed by atoms with Gasteiger partial charge in [-0.3, -0.25) is 0 Å². The third-order valence-electron chi connectivity index (χ3n) is 1.31. The molecule has 62 valence electrons. The quantitative estimate of drug-likeness (QED) is 0.638. The van der Waals surface area contributed by atoms with Crippen molar-refractivity contribution in [1.29, 1.82) is 0 Å². The van der Waals surface area contributed by atoms with Gasteiger partial charge in [0.1, 0.15) is 0 Å². The molecule has 1 aromatic carbocycles. The Hall–Kier alpha value is 0.711. The molecule has 12 heavy (non-hydrogen) atoms. The van der Waals surface area contributed by atoms with E-state index in [1.54, 1.807) is 18.2 Å². The summed E-state index contributed by atoms with van der Waals surface area (Å²) in [5.74, 6) is 0. The molecule has 0 bridgehead atoms. The van der Waals surface area contributed by atoms with E-state index in [1.165, 1.54) is 12.1 Å². The molecule has 5 heteroatoms. The number of hydrogen-bond donors (Lipinski definition) is 0. The van der Waals surface area contributed by atoms with Crippen molar-refractivity contribution in [2.75, 3.05) is 0 Å². The topological polar surface area (TPSA) is 0 Å². The van der Waals surface area contributed by atoms with Gasteiger partial charge in [-0.1, -0.05) is 42.2 Å². The summed E-state index contributed by atoms with van der Waals surface area (Å²) in [6.45, 7) is -4.68. The van der Waals surface area contributed by atoms with Crippen molar-refractivity contribution in [3.8, 4) is 0 Å². The van der Waals surface area contributed by atoms with Gasteiger partial charge in [-0.05, 0) is 0 Å².